The van der Waals surface area contributed by atoms with E-state index >= 15 is 0 Å². The Morgan fingerprint density at radius 2 is 2.11 bits per heavy atom. The summed E-state index contributed by atoms with van der Waals surface area (Å²) in [5.41, 5.74) is -0.987. The van der Waals surface area contributed by atoms with Gasteiger partial charge in [-0.15, -0.1) is 0 Å². The van der Waals surface area contributed by atoms with Gasteiger partial charge in [0, 0.05) is 5.39 Å². The molecule has 1 saturated heterocycles. The Labute approximate surface area is 156 Å². The highest BCUT2D eigenvalue weighted by atomic mass is 19.1. The molecular formula is C18H20BFN2O5. The van der Waals surface area contributed by atoms with Crippen molar-refractivity contribution < 1.29 is 27.6 Å². The van der Waals surface area contributed by atoms with Crippen LogP contribution in [0.2, 0.25) is 0 Å². The van der Waals surface area contributed by atoms with Gasteiger partial charge in [-0.3, -0.25) is 5.32 Å². The molecular weight excluding hydrogens is 354 g/mol. The van der Waals surface area contributed by atoms with E-state index in [4.69, 9.17) is 18.5 Å². The summed E-state index contributed by atoms with van der Waals surface area (Å²) in [5, 5.41) is 12.2. The SMILES string of the molecule is CC(C)(C)OC(=O)Nc1oc2c(F)ccc(B3OCC(C)(C)O3)c2c1C#N. The van der Waals surface area contributed by atoms with Gasteiger partial charge >= 0.3 is 13.2 Å². The number of halogens is 1. The maximum atomic E-state index is 14.3. The standard InChI is InChI=1S/C18H20BFN2O5/c1-17(2,3)26-16(23)22-15-10(8-21)13-11(6-7-12(20)14(13)25-15)19-24-9-18(4,5)27-19/h6-7H,9H2,1-5H3,(H,22,23). The van der Waals surface area contributed by atoms with E-state index in [1.54, 1.807) is 20.8 Å². The van der Waals surface area contributed by atoms with Crippen molar-refractivity contribution in [3.63, 3.8) is 0 Å². The number of benzene rings is 1. The number of ether oxygens (including phenoxy) is 1. The topological polar surface area (TPSA) is 93.7 Å². The molecule has 0 aliphatic carbocycles. The molecule has 142 valence electrons. The van der Waals surface area contributed by atoms with Crippen molar-refractivity contribution >= 4 is 35.5 Å². The van der Waals surface area contributed by atoms with Crippen LogP contribution in [0.4, 0.5) is 15.1 Å². The molecule has 1 aliphatic heterocycles. The Balaban J connectivity index is 2.05. The Hall–Kier alpha value is -2.57. The third kappa shape index (κ3) is 3.92. The van der Waals surface area contributed by atoms with E-state index in [-0.39, 0.29) is 22.4 Å². The zero-order chi connectivity index (χ0) is 20.0. The number of amides is 1. The lowest BCUT2D eigenvalue weighted by Gasteiger charge is -2.19. The first-order valence-electron chi connectivity index (χ1n) is 8.45. The van der Waals surface area contributed by atoms with E-state index in [9.17, 15) is 14.4 Å². The summed E-state index contributed by atoms with van der Waals surface area (Å²) >= 11 is 0. The molecule has 1 N–H and O–H groups in total. The molecule has 0 spiro atoms. The average molecular weight is 374 g/mol. The molecule has 3 rings (SSSR count). The molecule has 2 heterocycles. The van der Waals surface area contributed by atoms with Crippen molar-refractivity contribution in [2.24, 2.45) is 0 Å². The van der Waals surface area contributed by atoms with Crippen LogP contribution in [0.15, 0.2) is 16.5 Å². The van der Waals surface area contributed by atoms with Gasteiger partial charge in [0.25, 0.3) is 0 Å². The summed E-state index contributed by atoms with van der Waals surface area (Å²) in [6.45, 7) is 9.17. The Morgan fingerprint density at radius 3 is 2.67 bits per heavy atom. The molecule has 0 unspecified atom stereocenters. The molecule has 1 aromatic heterocycles. The molecule has 1 fully saturated rings. The predicted molar refractivity (Wildman–Crippen MR) is 97.2 cm³/mol. The van der Waals surface area contributed by atoms with Crippen LogP contribution in [0.25, 0.3) is 11.0 Å². The molecule has 0 bridgehead atoms. The van der Waals surface area contributed by atoms with Crippen LogP contribution < -0.4 is 10.8 Å². The number of carbonyl (C=O) groups is 1. The largest absolute Gasteiger partial charge is 0.495 e. The molecule has 27 heavy (non-hydrogen) atoms. The minimum atomic E-state index is -0.811. The van der Waals surface area contributed by atoms with Crippen LogP contribution in [0.5, 0.6) is 0 Å². The number of nitrogens with one attached hydrogen (secondary N) is 1. The minimum Gasteiger partial charge on any atom is -0.444 e. The second kappa shape index (κ2) is 6.55. The van der Waals surface area contributed by atoms with E-state index in [0.29, 0.717) is 12.1 Å². The zero-order valence-electron chi connectivity index (χ0n) is 15.8. The first-order chi connectivity index (χ1) is 12.5. The summed E-state index contributed by atoms with van der Waals surface area (Å²) in [6, 6.07) is 4.65. The lowest BCUT2D eigenvalue weighted by atomic mass is 9.76. The fourth-order valence-electron chi connectivity index (χ4n) is 2.77. The molecule has 1 aliphatic rings. The number of fused-ring (bicyclic) bond motifs is 1. The van der Waals surface area contributed by atoms with Crippen LogP contribution in [0, 0.1) is 17.1 Å². The smallest absolute Gasteiger partial charge is 0.444 e. The summed E-state index contributed by atoms with van der Waals surface area (Å²) in [5.74, 6) is -0.856. The first-order valence-corrected chi connectivity index (χ1v) is 8.45. The molecule has 1 aromatic carbocycles. The zero-order valence-corrected chi connectivity index (χ0v) is 15.8. The summed E-state index contributed by atoms with van der Waals surface area (Å²) in [7, 11) is -0.776. The molecule has 7 nitrogen and oxygen atoms in total. The number of carbonyl (C=O) groups excluding carboxylic acids is 1. The summed E-state index contributed by atoms with van der Waals surface area (Å²) < 4.78 is 36.4. The third-order valence-corrected chi connectivity index (χ3v) is 3.81. The first kappa shape index (κ1) is 19.2. The van der Waals surface area contributed by atoms with Gasteiger partial charge in [-0.05, 0) is 46.1 Å². The Morgan fingerprint density at radius 1 is 1.41 bits per heavy atom. The van der Waals surface area contributed by atoms with E-state index in [2.05, 4.69) is 5.32 Å². The number of furan rings is 1. The van der Waals surface area contributed by atoms with Gasteiger partial charge in [0.1, 0.15) is 17.2 Å². The van der Waals surface area contributed by atoms with Gasteiger partial charge < -0.3 is 18.5 Å². The Kier molecular flexibility index (Phi) is 4.66. The van der Waals surface area contributed by atoms with Crippen molar-refractivity contribution in [1.82, 2.24) is 0 Å². The predicted octanol–water partition coefficient (Wildman–Crippen LogP) is 3.31. The minimum absolute atomic E-state index is 0.0257. The lowest BCUT2D eigenvalue weighted by Crippen LogP contribution is -2.35. The maximum absolute atomic E-state index is 14.3. The van der Waals surface area contributed by atoms with E-state index in [1.807, 2.05) is 19.9 Å². The third-order valence-electron chi connectivity index (χ3n) is 3.81. The highest BCUT2D eigenvalue weighted by molar-refractivity contribution is 6.65. The van der Waals surface area contributed by atoms with Gasteiger partial charge in [0.2, 0.25) is 5.88 Å². The number of hydrogen-bond acceptors (Lipinski definition) is 6. The van der Waals surface area contributed by atoms with Gasteiger partial charge in [-0.2, -0.15) is 5.26 Å². The second-order valence-electron chi connectivity index (χ2n) is 7.91. The molecule has 0 saturated carbocycles. The van der Waals surface area contributed by atoms with Crippen molar-refractivity contribution in [2.45, 2.75) is 45.8 Å². The highest BCUT2D eigenvalue weighted by Gasteiger charge is 2.40. The fourth-order valence-corrected chi connectivity index (χ4v) is 2.77. The second-order valence-corrected chi connectivity index (χ2v) is 7.91. The van der Waals surface area contributed by atoms with E-state index < -0.39 is 30.2 Å². The number of hydrogen-bond donors (Lipinski definition) is 1. The lowest BCUT2D eigenvalue weighted by molar-refractivity contribution is 0.0632. The number of anilines is 1. The average Bonchev–Trinajstić information content (AvgIpc) is 3.06. The van der Waals surface area contributed by atoms with Crippen LogP contribution in [-0.4, -0.2) is 31.0 Å². The van der Waals surface area contributed by atoms with Gasteiger partial charge in [-0.1, -0.05) is 6.07 Å². The maximum Gasteiger partial charge on any atom is 0.495 e. The van der Waals surface area contributed by atoms with Crippen LogP contribution >= 0.6 is 0 Å². The van der Waals surface area contributed by atoms with Crippen LogP contribution in [0.3, 0.4) is 0 Å². The molecule has 9 heteroatoms. The molecule has 1 amide bonds. The number of nitrogens with zero attached hydrogens (tertiary/aromatic N) is 1. The van der Waals surface area contributed by atoms with Crippen molar-refractivity contribution in [3.05, 3.63) is 23.5 Å². The molecule has 0 radical (unpaired) electrons. The highest BCUT2D eigenvalue weighted by Crippen LogP contribution is 2.32. The van der Waals surface area contributed by atoms with Crippen LogP contribution in [0.1, 0.15) is 40.2 Å². The van der Waals surface area contributed by atoms with E-state index in [0.717, 1.165) is 0 Å². The quantitative estimate of drug-likeness (QED) is 0.811. The summed E-state index contributed by atoms with van der Waals surface area (Å²) in [6.07, 6.45) is -0.811. The van der Waals surface area contributed by atoms with Crippen molar-refractivity contribution in [1.29, 1.82) is 5.26 Å². The van der Waals surface area contributed by atoms with Crippen molar-refractivity contribution in [3.8, 4) is 6.07 Å². The number of nitriles is 1. The van der Waals surface area contributed by atoms with Crippen LogP contribution in [-0.2, 0) is 14.0 Å². The monoisotopic (exact) mass is 374 g/mol. The fraction of sp³-hybridized carbons (Fsp3) is 0.444. The number of rotatable bonds is 2. The molecule has 2 aromatic rings. The normalized spacial score (nSPS) is 16.4. The van der Waals surface area contributed by atoms with Crippen molar-refractivity contribution in [2.75, 3.05) is 11.9 Å². The van der Waals surface area contributed by atoms with Gasteiger partial charge in [0.15, 0.2) is 11.4 Å². The van der Waals surface area contributed by atoms with E-state index in [1.165, 1.54) is 12.1 Å². The van der Waals surface area contributed by atoms with Gasteiger partial charge in [0.05, 0.1) is 12.2 Å². The summed E-state index contributed by atoms with van der Waals surface area (Å²) in [4.78, 5) is 12.0. The molecule has 0 atom stereocenters. The van der Waals surface area contributed by atoms with Gasteiger partial charge in [-0.25, -0.2) is 9.18 Å². The Bertz CT molecular complexity index is 942.